The molecule has 1 saturated heterocycles. The molecule has 156 valence electrons. The molecular weight excluding hydrogens is 395 g/mol. The van der Waals surface area contributed by atoms with Crippen molar-refractivity contribution in [3.05, 3.63) is 52.8 Å². The molecule has 0 aromatic heterocycles. The van der Waals surface area contributed by atoms with E-state index in [1.807, 2.05) is 18.2 Å². The topological polar surface area (TPSA) is 42.0 Å². The third-order valence-corrected chi connectivity index (χ3v) is 5.38. The first-order valence-electron chi connectivity index (χ1n) is 9.85. The van der Waals surface area contributed by atoms with Crippen molar-refractivity contribution < 1.29 is 18.7 Å². The molecule has 2 aromatic carbocycles. The number of hydrogen-bond acceptors (Lipinski definition) is 3. The molecule has 1 fully saturated rings. The number of carbonyl (C=O) groups excluding carboxylic acids is 1. The Bertz CT molecular complexity index is 862. The van der Waals surface area contributed by atoms with E-state index in [4.69, 9.17) is 21.1 Å². The molecule has 0 N–H and O–H groups in total. The number of rotatable bonds is 9. The number of methoxy groups -OCH3 is 1. The molecule has 5 nitrogen and oxygen atoms in total. The Balaban J connectivity index is 1.72. The number of hydrogen-bond donors (Lipinski definition) is 0. The molecule has 29 heavy (non-hydrogen) atoms. The Morgan fingerprint density at radius 2 is 1.97 bits per heavy atom. The summed E-state index contributed by atoms with van der Waals surface area (Å²) >= 11 is 6.04. The van der Waals surface area contributed by atoms with E-state index in [1.54, 1.807) is 29.0 Å². The fourth-order valence-electron chi connectivity index (χ4n) is 3.33. The highest BCUT2D eigenvalue weighted by atomic mass is 35.5. The minimum absolute atomic E-state index is 0.0611. The van der Waals surface area contributed by atoms with Crippen molar-refractivity contribution in [1.29, 1.82) is 0 Å². The number of urea groups is 1. The van der Waals surface area contributed by atoms with Crippen LogP contribution in [0.5, 0.6) is 11.5 Å². The normalized spacial score (nSPS) is 13.9. The number of ether oxygens (including phenoxy) is 2. The SMILES string of the molecule is CCCCCOc1cc(N2CCN(Cc3cccc(F)c3Cl)C2=O)ccc1OC. The first-order chi connectivity index (χ1) is 14.0. The number of amides is 2. The maximum absolute atomic E-state index is 13.7. The predicted octanol–water partition coefficient (Wildman–Crippen LogP) is 5.50. The highest BCUT2D eigenvalue weighted by Gasteiger charge is 2.30. The summed E-state index contributed by atoms with van der Waals surface area (Å²) in [7, 11) is 1.60. The van der Waals surface area contributed by atoms with Gasteiger partial charge in [-0.3, -0.25) is 4.90 Å². The molecule has 0 bridgehead atoms. The average Bonchev–Trinajstić information content (AvgIpc) is 3.09. The van der Waals surface area contributed by atoms with Crippen molar-refractivity contribution >= 4 is 23.3 Å². The Morgan fingerprint density at radius 3 is 2.72 bits per heavy atom. The number of nitrogens with zero attached hydrogens (tertiary/aromatic N) is 2. The van der Waals surface area contributed by atoms with Gasteiger partial charge in [-0.25, -0.2) is 9.18 Å². The molecule has 1 aliphatic rings. The van der Waals surface area contributed by atoms with Crippen LogP contribution in [0.15, 0.2) is 36.4 Å². The zero-order chi connectivity index (χ0) is 20.8. The van der Waals surface area contributed by atoms with Gasteiger partial charge in [-0.2, -0.15) is 0 Å². The number of unbranched alkanes of at least 4 members (excludes halogenated alkanes) is 2. The quantitative estimate of drug-likeness (QED) is 0.503. The van der Waals surface area contributed by atoms with Gasteiger partial charge >= 0.3 is 6.03 Å². The maximum atomic E-state index is 13.7. The number of carbonyl (C=O) groups is 1. The zero-order valence-corrected chi connectivity index (χ0v) is 17.5. The Hall–Kier alpha value is -2.47. The van der Waals surface area contributed by atoms with E-state index in [-0.39, 0.29) is 17.6 Å². The van der Waals surface area contributed by atoms with Crippen LogP contribution in [0.1, 0.15) is 31.7 Å². The van der Waals surface area contributed by atoms with Gasteiger partial charge in [0.2, 0.25) is 0 Å². The third kappa shape index (κ3) is 4.93. The summed E-state index contributed by atoms with van der Waals surface area (Å²) < 4.78 is 24.9. The Kier molecular flexibility index (Phi) is 7.20. The van der Waals surface area contributed by atoms with Gasteiger partial charge < -0.3 is 14.4 Å². The minimum Gasteiger partial charge on any atom is -0.493 e. The first kappa shape index (κ1) is 21.2. The van der Waals surface area contributed by atoms with E-state index in [9.17, 15) is 9.18 Å². The Labute approximate surface area is 176 Å². The lowest BCUT2D eigenvalue weighted by Gasteiger charge is -2.20. The van der Waals surface area contributed by atoms with Crippen molar-refractivity contribution in [2.24, 2.45) is 0 Å². The van der Waals surface area contributed by atoms with Gasteiger partial charge in [0, 0.05) is 31.4 Å². The molecule has 7 heteroatoms. The van der Waals surface area contributed by atoms with E-state index in [2.05, 4.69) is 6.92 Å². The van der Waals surface area contributed by atoms with Crippen LogP contribution in [0.3, 0.4) is 0 Å². The molecule has 1 heterocycles. The number of benzene rings is 2. The van der Waals surface area contributed by atoms with Crippen LogP contribution >= 0.6 is 11.6 Å². The molecule has 3 rings (SSSR count). The van der Waals surface area contributed by atoms with E-state index >= 15 is 0 Å². The predicted molar refractivity (Wildman–Crippen MR) is 113 cm³/mol. The second-order valence-corrected chi connectivity index (χ2v) is 7.34. The standard InChI is InChI=1S/C22H26ClFN2O3/c1-3-4-5-13-29-20-14-17(9-10-19(20)28-2)26-12-11-25(22(26)27)15-16-7-6-8-18(24)21(16)23/h6-10,14H,3-5,11-13,15H2,1-2H3. The Morgan fingerprint density at radius 1 is 1.14 bits per heavy atom. The second-order valence-electron chi connectivity index (χ2n) is 6.96. The maximum Gasteiger partial charge on any atom is 0.324 e. The van der Waals surface area contributed by atoms with Crippen LogP contribution < -0.4 is 14.4 Å². The fourth-order valence-corrected chi connectivity index (χ4v) is 3.51. The van der Waals surface area contributed by atoms with Gasteiger partial charge in [-0.05, 0) is 30.2 Å². The molecule has 2 amide bonds. The molecule has 0 aliphatic carbocycles. The van der Waals surface area contributed by atoms with Gasteiger partial charge in [0.05, 0.1) is 18.7 Å². The summed E-state index contributed by atoms with van der Waals surface area (Å²) in [6.07, 6.45) is 3.19. The van der Waals surface area contributed by atoms with Crippen molar-refractivity contribution in [2.45, 2.75) is 32.7 Å². The average molecular weight is 421 g/mol. The highest BCUT2D eigenvalue weighted by molar-refractivity contribution is 6.31. The summed E-state index contributed by atoms with van der Waals surface area (Å²) in [6, 6.07) is 9.98. The fraction of sp³-hybridized carbons (Fsp3) is 0.409. The van der Waals surface area contributed by atoms with Crippen LogP contribution in [-0.2, 0) is 6.54 Å². The van der Waals surface area contributed by atoms with Gasteiger partial charge in [0.15, 0.2) is 11.5 Å². The van der Waals surface area contributed by atoms with E-state index in [0.717, 1.165) is 24.9 Å². The van der Waals surface area contributed by atoms with Crippen LogP contribution in [0.2, 0.25) is 5.02 Å². The lowest BCUT2D eigenvalue weighted by molar-refractivity contribution is 0.218. The summed E-state index contributed by atoms with van der Waals surface area (Å²) in [5.41, 5.74) is 1.34. The van der Waals surface area contributed by atoms with Crippen LogP contribution in [0.4, 0.5) is 14.9 Å². The van der Waals surface area contributed by atoms with E-state index in [1.165, 1.54) is 6.07 Å². The number of halogens is 2. The number of anilines is 1. The van der Waals surface area contributed by atoms with Crippen molar-refractivity contribution in [2.75, 3.05) is 31.7 Å². The zero-order valence-electron chi connectivity index (χ0n) is 16.8. The molecular formula is C22H26ClFN2O3. The summed E-state index contributed by atoms with van der Waals surface area (Å²) in [4.78, 5) is 16.3. The van der Waals surface area contributed by atoms with E-state index in [0.29, 0.717) is 36.8 Å². The molecule has 0 atom stereocenters. The first-order valence-corrected chi connectivity index (χ1v) is 10.2. The van der Waals surface area contributed by atoms with Gasteiger partial charge in [-0.15, -0.1) is 0 Å². The monoisotopic (exact) mass is 420 g/mol. The van der Waals surface area contributed by atoms with Crippen LogP contribution in [0, 0.1) is 5.82 Å². The van der Waals surface area contributed by atoms with Gasteiger partial charge in [0.25, 0.3) is 0 Å². The van der Waals surface area contributed by atoms with Crippen molar-refractivity contribution in [3.8, 4) is 11.5 Å². The molecule has 0 saturated carbocycles. The smallest absolute Gasteiger partial charge is 0.324 e. The summed E-state index contributed by atoms with van der Waals surface area (Å²) in [5.74, 6) is 0.786. The molecule has 2 aromatic rings. The summed E-state index contributed by atoms with van der Waals surface area (Å²) in [6.45, 7) is 4.08. The lowest BCUT2D eigenvalue weighted by Crippen LogP contribution is -2.31. The van der Waals surface area contributed by atoms with Gasteiger partial charge in [0.1, 0.15) is 5.82 Å². The molecule has 1 aliphatic heterocycles. The second kappa shape index (κ2) is 9.83. The largest absolute Gasteiger partial charge is 0.493 e. The summed E-state index contributed by atoms with van der Waals surface area (Å²) in [5, 5.41) is 0.0611. The lowest BCUT2D eigenvalue weighted by atomic mass is 10.2. The van der Waals surface area contributed by atoms with Gasteiger partial charge in [-0.1, -0.05) is 43.5 Å². The molecule has 0 spiro atoms. The highest BCUT2D eigenvalue weighted by Crippen LogP contribution is 2.34. The third-order valence-electron chi connectivity index (χ3n) is 4.95. The van der Waals surface area contributed by atoms with E-state index < -0.39 is 5.82 Å². The van der Waals surface area contributed by atoms with Crippen molar-refractivity contribution in [1.82, 2.24) is 4.90 Å². The van der Waals surface area contributed by atoms with Crippen molar-refractivity contribution in [3.63, 3.8) is 0 Å². The minimum atomic E-state index is -0.479. The molecule has 0 radical (unpaired) electrons. The molecule has 0 unspecified atom stereocenters. The van der Waals surface area contributed by atoms with Crippen LogP contribution in [0.25, 0.3) is 0 Å². The van der Waals surface area contributed by atoms with Crippen LogP contribution in [-0.4, -0.2) is 37.7 Å².